The molecular weight excluding hydrogens is 210 g/mol. The Morgan fingerprint density at radius 1 is 1.12 bits per heavy atom. The molecular formula is C15H25NO. The SMILES string of the molecule is CCCCCCOC(CCN)c1ccccc1. The summed E-state index contributed by atoms with van der Waals surface area (Å²) in [4.78, 5) is 0. The molecule has 2 nitrogen and oxygen atoms in total. The summed E-state index contributed by atoms with van der Waals surface area (Å²) < 4.78 is 5.94. The molecule has 0 aromatic heterocycles. The number of benzene rings is 1. The van der Waals surface area contributed by atoms with Crippen LogP contribution in [0.2, 0.25) is 0 Å². The summed E-state index contributed by atoms with van der Waals surface area (Å²) >= 11 is 0. The molecule has 0 bridgehead atoms. The Kier molecular flexibility index (Phi) is 7.69. The molecule has 0 spiro atoms. The van der Waals surface area contributed by atoms with Gasteiger partial charge in [0.1, 0.15) is 0 Å². The molecule has 0 heterocycles. The lowest BCUT2D eigenvalue weighted by molar-refractivity contribution is 0.0456. The third kappa shape index (κ3) is 5.85. The van der Waals surface area contributed by atoms with Gasteiger partial charge in [0.05, 0.1) is 6.10 Å². The van der Waals surface area contributed by atoms with E-state index in [0.29, 0.717) is 6.54 Å². The highest BCUT2D eigenvalue weighted by atomic mass is 16.5. The highest BCUT2D eigenvalue weighted by molar-refractivity contribution is 5.17. The van der Waals surface area contributed by atoms with Crippen molar-refractivity contribution in [2.24, 2.45) is 5.73 Å². The van der Waals surface area contributed by atoms with Crippen LogP contribution in [0.25, 0.3) is 0 Å². The summed E-state index contributed by atoms with van der Waals surface area (Å²) in [7, 11) is 0. The summed E-state index contributed by atoms with van der Waals surface area (Å²) in [6.45, 7) is 3.75. The van der Waals surface area contributed by atoms with E-state index in [9.17, 15) is 0 Å². The molecule has 1 rings (SSSR count). The van der Waals surface area contributed by atoms with Crippen molar-refractivity contribution < 1.29 is 4.74 Å². The molecule has 0 aliphatic carbocycles. The van der Waals surface area contributed by atoms with Gasteiger partial charge in [0.2, 0.25) is 0 Å². The molecule has 1 atom stereocenters. The van der Waals surface area contributed by atoms with E-state index in [1.54, 1.807) is 0 Å². The third-order valence-corrected chi connectivity index (χ3v) is 2.92. The fraction of sp³-hybridized carbons (Fsp3) is 0.600. The Morgan fingerprint density at radius 2 is 1.88 bits per heavy atom. The lowest BCUT2D eigenvalue weighted by atomic mass is 10.1. The maximum absolute atomic E-state index is 5.94. The van der Waals surface area contributed by atoms with E-state index in [0.717, 1.165) is 19.4 Å². The molecule has 96 valence electrons. The van der Waals surface area contributed by atoms with E-state index in [1.165, 1.54) is 24.8 Å². The van der Waals surface area contributed by atoms with Gasteiger partial charge in [-0.3, -0.25) is 0 Å². The van der Waals surface area contributed by atoms with E-state index >= 15 is 0 Å². The Morgan fingerprint density at radius 3 is 2.53 bits per heavy atom. The summed E-state index contributed by atoms with van der Waals surface area (Å²) in [5.74, 6) is 0. The fourth-order valence-electron chi connectivity index (χ4n) is 1.92. The molecule has 0 amide bonds. The summed E-state index contributed by atoms with van der Waals surface area (Å²) in [5.41, 5.74) is 6.88. The molecule has 0 fully saturated rings. The predicted molar refractivity (Wildman–Crippen MR) is 72.9 cm³/mol. The fourth-order valence-corrected chi connectivity index (χ4v) is 1.92. The van der Waals surface area contributed by atoms with Crippen molar-refractivity contribution in [2.75, 3.05) is 13.2 Å². The monoisotopic (exact) mass is 235 g/mol. The minimum absolute atomic E-state index is 0.169. The Hall–Kier alpha value is -0.860. The van der Waals surface area contributed by atoms with Crippen molar-refractivity contribution in [3.05, 3.63) is 35.9 Å². The highest BCUT2D eigenvalue weighted by Crippen LogP contribution is 2.20. The van der Waals surface area contributed by atoms with Crippen LogP contribution >= 0.6 is 0 Å². The van der Waals surface area contributed by atoms with Gasteiger partial charge in [-0.2, -0.15) is 0 Å². The summed E-state index contributed by atoms with van der Waals surface area (Å²) in [6.07, 6.45) is 6.06. The van der Waals surface area contributed by atoms with Crippen molar-refractivity contribution in [1.82, 2.24) is 0 Å². The van der Waals surface area contributed by atoms with Crippen molar-refractivity contribution >= 4 is 0 Å². The second-order valence-corrected chi connectivity index (χ2v) is 4.41. The maximum atomic E-state index is 5.94. The average Bonchev–Trinajstić information content (AvgIpc) is 2.38. The van der Waals surface area contributed by atoms with E-state index in [2.05, 4.69) is 31.2 Å². The van der Waals surface area contributed by atoms with Crippen LogP contribution in [0.15, 0.2) is 30.3 Å². The number of ether oxygens (including phenoxy) is 1. The van der Waals surface area contributed by atoms with Gasteiger partial charge in [-0.15, -0.1) is 0 Å². The smallest absolute Gasteiger partial charge is 0.0836 e. The van der Waals surface area contributed by atoms with E-state index in [4.69, 9.17) is 10.5 Å². The summed E-state index contributed by atoms with van der Waals surface area (Å²) in [6, 6.07) is 10.4. The van der Waals surface area contributed by atoms with Crippen LogP contribution in [0.4, 0.5) is 0 Å². The van der Waals surface area contributed by atoms with Crippen LogP contribution in [0.3, 0.4) is 0 Å². The van der Waals surface area contributed by atoms with Gasteiger partial charge in [0.15, 0.2) is 0 Å². The van der Waals surface area contributed by atoms with Gasteiger partial charge in [-0.05, 0) is 24.9 Å². The second-order valence-electron chi connectivity index (χ2n) is 4.41. The van der Waals surface area contributed by atoms with Crippen molar-refractivity contribution in [3.8, 4) is 0 Å². The molecule has 2 N–H and O–H groups in total. The van der Waals surface area contributed by atoms with E-state index in [-0.39, 0.29) is 6.10 Å². The third-order valence-electron chi connectivity index (χ3n) is 2.92. The first-order valence-corrected chi connectivity index (χ1v) is 6.75. The van der Waals surface area contributed by atoms with Gasteiger partial charge in [0, 0.05) is 6.61 Å². The minimum atomic E-state index is 0.169. The van der Waals surface area contributed by atoms with Crippen LogP contribution in [0, 0.1) is 0 Å². The first-order chi connectivity index (χ1) is 8.38. The standard InChI is InChI=1S/C15H25NO/c1-2-3-4-8-13-17-15(11-12-16)14-9-6-5-7-10-14/h5-7,9-10,15H,2-4,8,11-13,16H2,1H3. The second kappa shape index (κ2) is 9.20. The lowest BCUT2D eigenvalue weighted by Crippen LogP contribution is -2.11. The largest absolute Gasteiger partial charge is 0.373 e. The van der Waals surface area contributed by atoms with Crippen molar-refractivity contribution in [3.63, 3.8) is 0 Å². The van der Waals surface area contributed by atoms with Crippen molar-refractivity contribution in [1.29, 1.82) is 0 Å². The van der Waals surface area contributed by atoms with E-state index < -0.39 is 0 Å². The van der Waals surface area contributed by atoms with Crippen LogP contribution < -0.4 is 5.73 Å². The molecule has 0 aliphatic rings. The average molecular weight is 235 g/mol. The van der Waals surface area contributed by atoms with Crippen molar-refractivity contribution in [2.45, 2.75) is 45.1 Å². The van der Waals surface area contributed by atoms with Gasteiger partial charge in [-0.1, -0.05) is 56.5 Å². The summed E-state index contributed by atoms with van der Waals surface area (Å²) in [5, 5.41) is 0. The first-order valence-electron chi connectivity index (χ1n) is 6.75. The van der Waals surface area contributed by atoms with Crippen LogP contribution in [-0.2, 0) is 4.74 Å². The topological polar surface area (TPSA) is 35.2 Å². The predicted octanol–water partition coefficient (Wildman–Crippen LogP) is 3.67. The molecule has 2 heteroatoms. The van der Waals surface area contributed by atoms with Crippen LogP contribution in [-0.4, -0.2) is 13.2 Å². The molecule has 1 aromatic rings. The lowest BCUT2D eigenvalue weighted by Gasteiger charge is -2.17. The minimum Gasteiger partial charge on any atom is -0.373 e. The van der Waals surface area contributed by atoms with Crippen LogP contribution in [0.5, 0.6) is 0 Å². The zero-order valence-electron chi connectivity index (χ0n) is 10.9. The van der Waals surface area contributed by atoms with Crippen LogP contribution in [0.1, 0.15) is 50.7 Å². The number of rotatable bonds is 9. The Labute approximate surface area is 105 Å². The number of hydrogen-bond donors (Lipinski definition) is 1. The number of unbranched alkanes of at least 4 members (excludes halogenated alkanes) is 3. The molecule has 17 heavy (non-hydrogen) atoms. The quantitative estimate of drug-likeness (QED) is 0.663. The maximum Gasteiger partial charge on any atom is 0.0836 e. The van der Waals surface area contributed by atoms with Gasteiger partial charge < -0.3 is 10.5 Å². The first kappa shape index (κ1) is 14.2. The van der Waals surface area contributed by atoms with E-state index in [1.807, 2.05) is 6.07 Å². The molecule has 1 unspecified atom stereocenters. The Balaban J connectivity index is 2.33. The van der Waals surface area contributed by atoms with Gasteiger partial charge in [-0.25, -0.2) is 0 Å². The zero-order chi connectivity index (χ0) is 12.3. The van der Waals surface area contributed by atoms with Gasteiger partial charge >= 0.3 is 0 Å². The molecule has 0 aliphatic heterocycles. The normalized spacial score (nSPS) is 12.6. The molecule has 0 radical (unpaired) electrons. The molecule has 0 saturated carbocycles. The molecule has 0 saturated heterocycles. The Bertz CT molecular complexity index is 274. The number of nitrogens with two attached hydrogens (primary N) is 1. The number of hydrogen-bond acceptors (Lipinski definition) is 2. The zero-order valence-corrected chi connectivity index (χ0v) is 10.9. The van der Waals surface area contributed by atoms with Gasteiger partial charge in [0.25, 0.3) is 0 Å². The highest BCUT2D eigenvalue weighted by Gasteiger charge is 2.09. The molecule has 1 aromatic carbocycles.